The van der Waals surface area contributed by atoms with Gasteiger partial charge in [0.05, 0.1) is 0 Å². The van der Waals surface area contributed by atoms with E-state index in [1.54, 1.807) is 6.92 Å². The molecule has 0 unspecified atom stereocenters. The molecular weight excluding hydrogens is 224 g/mol. The standard InChI is InChI=1S/C7H8.C6H14.C2H6O.CH4O/c1-7-5-3-2-4-6-7;1-3-5-6-4-2;1-2-3;1-2/h2-6H,1H3;3-6H2,1-2H3;3H,2H2,1H3;2H,1H3. The van der Waals surface area contributed by atoms with Gasteiger partial charge in [-0.05, 0) is 13.8 Å². The first-order valence-corrected chi connectivity index (χ1v) is 6.80. The number of aryl methyl sites for hydroxylation is 1. The fourth-order valence-electron chi connectivity index (χ4n) is 1.03. The third-order valence-electron chi connectivity index (χ3n) is 1.90. The second-order valence-electron chi connectivity index (χ2n) is 3.68. The van der Waals surface area contributed by atoms with E-state index in [-0.39, 0.29) is 6.61 Å². The van der Waals surface area contributed by atoms with Crippen LogP contribution in [0.3, 0.4) is 0 Å². The van der Waals surface area contributed by atoms with E-state index in [0.717, 1.165) is 7.11 Å². The summed E-state index contributed by atoms with van der Waals surface area (Å²) in [4.78, 5) is 0. The molecule has 2 heteroatoms. The molecule has 108 valence electrons. The molecule has 0 amide bonds. The van der Waals surface area contributed by atoms with Crippen molar-refractivity contribution < 1.29 is 10.2 Å². The van der Waals surface area contributed by atoms with Gasteiger partial charge in [0.15, 0.2) is 0 Å². The summed E-state index contributed by atoms with van der Waals surface area (Å²) >= 11 is 0. The van der Waals surface area contributed by atoms with Gasteiger partial charge >= 0.3 is 0 Å². The molecule has 0 aromatic heterocycles. The van der Waals surface area contributed by atoms with Gasteiger partial charge in [0.1, 0.15) is 0 Å². The van der Waals surface area contributed by atoms with Gasteiger partial charge in [-0.1, -0.05) is 75.4 Å². The quantitative estimate of drug-likeness (QED) is 0.796. The highest BCUT2D eigenvalue weighted by Crippen LogP contribution is 1.95. The van der Waals surface area contributed by atoms with Crippen molar-refractivity contribution in [1.29, 1.82) is 0 Å². The minimum Gasteiger partial charge on any atom is -0.400 e. The molecule has 0 radical (unpaired) electrons. The summed E-state index contributed by atoms with van der Waals surface area (Å²) in [5, 5.41) is 14.6. The summed E-state index contributed by atoms with van der Waals surface area (Å²) in [5.74, 6) is 0. The minimum absolute atomic E-state index is 0.250. The zero-order valence-corrected chi connectivity index (χ0v) is 12.8. The Bertz CT molecular complexity index is 194. The molecule has 1 rings (SSSR count). The van der Waals surface area contributed by atoms with Crippen molar-refractivity contribution in [1.82, 2.24) is 0 Å². The van der Waals surface area contributed by atoms with Crippen molar-refractivity contribution >= 4 is 0 Å². The molecule has 0 fully saturated rings. The summed E-state index contributed by atoms with van der Waals surface area (Å²) < 4.78 is 0. The molecule has 0 aliphatic rings. The predicted octanol–water partition coefficient (Wildman–Crippen LogP) is 4.19. The number of hydrogen-bond donors (Lipinski definition) is 2. The van der Waals surface area contributed by atoms with Crippen molar-refractivity contribution in [3.05, 3.63) is 35.9 Å². The van der Waals surface area contributed by atoms with Crippen molar-refractivity contribution in [2.24, 2.45) is 0 Å². The Labute approximate surface area is 114 Å². The highest BCUT2D eigenvalue weighted by molar-refractivity contribution is 5.11. The lowest BCUT2D eigenvalue weighted by Gasteiger charge is -1.86. The third kappa shape index (κ3) is 29.4. The lowest BCUT2D eigenvalue weighted by Crippen LogP contribution is -1.66. The van der Waals surface area contributed by atoms with Crippen LogP contribution in [0.25, 0.3) is 0 Å². The summed E-state index contributed by atoms with van der Waals surface area (Å²) in [6.07, 6.45) is 5.54. The van der Waals surface area contributed by atoms with Crippen molar-refractivity contribution in [2.75, 3.05) is 13.7 Å². The number of aliphatic hydroxyl groups is 2. The summed E-state index contributed by atoms with van der Waals surface area (Å²) in [5.41, 5.74) is 1.32. The van der Waals surface area contributed by atoms with Crippen molar-refractivity contribution in [2.45, 2.75) is 53.4 Å². The highest BCUT2D eigenvalue weighted by atomic mass is 16.2. The van der Waals surface area contributed by atoms with Gasteiger partial charge in [-0.2, -0.15) is 0 Å². The molecule has 0 atom stereocenters. The molecule has 0 heterocycles. The molecular formula is C16H32O2. The van der Waals surface area contributed by atoms with Gasteiger partial charge in [-0.15, -0.1) is 0 Å². The van der Waals surface area contributed by atoms with Gasteiger partial charge < -0.3 is 10.2 Å². The van der Waals surface area contributed by atoms with E-state index < -0.39 is 0 Å². The topological polar surface area (TPSA) is 40.5 Å². The summed E-state index contributed by atoms with van der Waals surface area (Å²) in [6, 6.07) is 10.3. The van der Waals surface area contributed by atoms with Crippen molar-refractivity contribution in [3.8, 4) is 0 Å². The predicted molar refractivity (Wildman–Crippen MR) is 81.9 cm³/mol. The number of rotatable bonds is 3. The fraction of sp³-hybridized carbons (Fsp3) is 0.625. The van der Waals surface area contributed by atoms with E-state index in [1.165, 1.54) is 31.2 Å². The van der Waals surface area contributed by atoms with E-state index in [9.17, 15) is 0 Å². The zero-order chi connectivity index (χ0) is 14.6. The van der Waals surface area contributed by atoms with Gasteiger partial charge in [-0.3, -0.25) is 0 Å². The molecule has 0 spiro atoms. The molecule has 0 aliphatic heterocycles. The van der Waals surface area contributed by atoms with Crippen LogP contribution in [0.15, 0.2) is 30.3 Å². The Hall–Kier alpha value is -0.860. The van der Waals surface area contributed by atoms with Gasteiger partial charge in [0.25, 0.3) is 0 Å². The number of benzene rings is 1. The third-order valence-corrected chi connectivity index (χ3v) is 1.90. The SMILES string of the molecule is CCCCCC.CCO.CO.Cc1ccccc1. The maximum Gasteiger partial charge on any atom is 0.0402 e. The minimum atomic E-state index is 0.250. The normalized spacial score (nSPS) is 7.72. The summed E-state index contributed by atoms with van der Waals surface area (Å²) in [7, 11) is 1.00. The largest absolute Gasteiger partial charge is 0.400 e. The van der Waals surface area contributed by atoms with Crippen LogP contribution in [0.4, 0.5) is 0 Å². The van der Waals surface area contributed by atoms with E-state index in [1.807, 2.05) is 18.2 Å². The average Bonchev–Trinajstić information content (AvgIpc) is 2.41. The maximum absolute atomic E-state index is 7.57. The van der Waals surface area contributed by atoms with Crippen LogP contribution in [-0.2, 0) is 0 Å². The lowest BCUT2D eigenvalue weighted by molar-refractivity contribution is 0.318. The number of hydrogen-bond acceptors (Lipinski definition) is 2. The molecule has 0 saturated carbocycles. The Balaban J connectivity index is -0.000000187. The van der Waals surface area contributed by atoms with E-state index in [4.69, 9.17) is 10.2 Å². The Kier molecular flexibility index (Phi) is 31.1. The van der Waals surface area contributed by atoms with Gasteiger partial charge in [0, 0.05) is 13.7 Å². The van der Waals surface area contributed by atoms with Crippen LogP contribution in [0, 0.1) is 6.92 Å². The second-order valence-corrected chi connectivity index (χ2v) is 3.68. The molecule has 2 N–H and O–H groups in total. The Morgan fingerprint density at radius 1 is 0.833 bits per heavy atom. The van der Waals surface area contributed by atoms with Crippen LogP contribution in [0.1, 0.15) is 52.0 Å². The molecule has 1 aromatic rings. The number of unbranched alkanes of at least 4 members (excludes halogenated alkanes) is 3. The lowest BCUT2D eigenvalue weighted by atomic mass is 10.2. The number of aliphatic hydroxyl groups excluding tert-OH is 2. The molecule has 1 aromatic carbocycles. The summed E-state index contributed by atoms with van der Waals surface area (Å²) in [6.45, 7) is 8.48. The van der Waals surface area contributed by atoms with Crippen LogP contribution >= 0.6 is 0 Å². The maximum atomic E-state index is 7.57. The fourth-order valence-corrected chi connectivity index (χ4v) is 1.03. The first kappa shape index (κ1) is 22.3. The van der Waals surface area contributed by atoms with E-state index in [2.05, 4.69) is 32.9 Å². The van der Waals surface area contributed by atoms with Crippen LogP contribution in [0.5, 0.6) is 0 Å². The highest BCUT2D eigenvalue weighted by Gasteiger charge is 1.75. The Morgan fingerprint density at radius 2 is 1.17 bits per heavy atom. The molecule has 0 bridgehead atoms. The smallest absolute Gasteiger partial charge is 0.0402 e. The molecule has 0 saturated heterocycles. The first-order valence-electron chi connectivity index (χ1n) is 6.80. The van der Waals surface area contributed by atoms with E-state index in [0.29, 0.717) is 0 Å². The van der Waals surface area contributed by atoms with E-state index >= 15 is 0 Å². The van der Waals surface area contributed by atoms with Crippen LogP contribution in [0.2, 0.25) is 0 Å². The molecule has 0 aliphatic carbocycles. The monoisotopic (exact) mass is 256 g/mol. The van der Waals surface area contributed by atoms with Crippen LogP contribution in [-0.4, -0.2) is 23.9 Å². The zero-order valence-electron chi connectivity index (χ0n) is 12.8. The van der Waals surface area contributed by atoms with Gasteiger partial charge in [-0.25, -0.2) is 0 Å². The Morgan fingerprint density at radius 3 is 1.33 bits per heavy atom. The van der Waals surface area contributed by atoms with Crippen molar-refractivity contribution in [3.63, 3.8) is 0 Å². The molecule has 18 heavy (non-hydrogen) atoms. The average molecular weight is 256 g/mol. The second kappa shape index (κ2) is 25.1. The van der Waals surface area contributed by atoms with Crippen LogP contribution < -0.4 is 0 Å². The molecule has 2 nitrogen and oxygen atoms in total. The first-order chi connectivity index (χ1) is 8.72. The van der Waals surface area contributed by atoms with Gasteiger partial charge in [0.2, 0.25) is 0 Å².